The molecule has 15 heavy (non-hydrogen) atoms. The SMILES string of the molecule is CCc1cc(C(=O)NC)nc(C(C)C)n1. The maximum absolute atomic E-state index is 11.5. The summed E-state index contributed by atoms with van der Waals surface area (Å²) in [4.78, 5) is 20.1. The third kappa shape index (κ3) is 2.75. The fraction of sp³-hybridized carbons (Fsp3) is 0.545. The van der Waals surface area contributed by atoms with Crippen LogP contribution in [0, 0.1) is 0 Å². The van der Waals surface area contributed by atoms with Crippen molar-refractivity contribution in [2.45, 2.75) is 33.1 Å². The topological polar surface area (TPSA) is 54.9 Å². The number of aromatic nitrogens is 2. The molecule has 1 aromatic heterocycles. The minimum Gasteiger partial charge on any atom is -0.354 e. The van der Waals surface area contributed by atoms with Crippen LogP contribution in [0.4, 0.5) is 0 Å². The van der Waals surface area contributed by atoms with Crippen LogP contribution in [0.2, 0.25) is 0 Å². The zero-order valence-corrected chi connectivity index (χ0v) is 9.66. The van der Waals surface area contributed by atoms with Crippen LogP contribution in [0.5, 0.6) is 0 Å². The second-order valence-corrected chi connectivity index (χ2v) is 3.69. The number of nitrogens with zero attached hydrogens (tertiary/aromatic N) is 2. The lowest BCUT2D eigenvalue weighted by Crippen LogP contribution is -2.21. The van der Waals surface area contributed by atoms with Crippen molar-refractivity contribution in [3.63, 3.8) is 0 Å². The van der Waals surface area contributed by atoms with E-state index in [9.17, 15) is 4.79 Å². The van der Waals surface area contributed by atoms with Crippen LogP contribution < -0.4 is 5.32 Å². The predicted molar refractivity (Wildman–Crippen MR) is 58.9 cm³/mol. The van der Waals surface area contributed by atoms with Gasteiger partial charge in [-0.1, -0.05) is 20.8 Å². The van der Waals surface area contributed by atoms with Crippen LogP contribution in [0.25, 0.3) is 0 Å². The number of rotatable bonds is 3. The van der Waals surface area contributed by atoms with Gasteiger partial charge in [-0.15, -0.1) is 0 Å². The van der Waals surface area contributed by atoms with E-state index >= 15 is 0 Å². The van der Waals surface area contributed by atoms with Gasteiger partial charge < -0.3 is 5.32 Å². The van der Waals surface area contributed by atoms with Crippen LogP contribution in [-0.2, 0) is 6.42 Å². The second-order valence-electron chi connectivity index (χ2n) is 3.69. The Labute approximate surface area is 90.1 Å². The smallest absolute Gasteiger partial charge is 0.269 e. The fourth-order valence-corrected chi connectivity index (χ4v) is 1.20. The van der Waals surface area contributed by atoms with Gasteiger partial charge in [-0.05, 0) is 12.5 Å². The van der Waals surface area contributed by atoms with E-state index in [2.05, 4.69) is 15.3 Å². The Balaban J connectivity index is 3.17. The average molecular weight is 207 g/mol. The Bertz CT molecular complexity index is 361. The number of nitrogens with one attached hydrogen (secondary N) is 1. The first-order chi connectivity index (χ1) is 7.08. The fourth-order valence-electron chi connectivity index (χ4n) is 1.20. The number of carbonyl (C=O) groups is 1. The maximum Gasteiger partial charge on any atom is 0.269 e. The molecule has 4 heteroatoms. The van der Waals surface area contributed by atoms with Crippen molar-refractivity contribution >= 4 is 5.91 Å². The molecule has 1 aromatic rings. The van der Waals surface area contributed by atoms with E-state index in [1.807, 2.05) is 20.8 Å². The van der Waals surface area contributed by atoms with E-state index in [4.69, 9.17) is 0 Å². The summed E-state index contributed by atoms with van der Waals surface area (Å²) in [5.74, 6) is 0.807. The van der Waals surface area contributed by atoms with Crippen molar-refractivity contribution in [2.24, 2.45) is 0 Å². The van der Waals surface area contributed by atoms with Crippen molar-refractivity contribution in [1.82, 2.24) is 15.3 Å². The first kappa shape index (κ1) is 11.6. The van der Waals surface area contributed by atoms with E-state index < -0.39 is 0 Å². The number of hydrogen-bond donors (Lipinski definition) is 1. The van der Waals surface area contributed by atoms with Crippen molar-refractivity contribution in [3.05, 3.63) is 23.3 Å². The highest BCUT2D eigenvalue weighted by molar-refractivity contribution is 5.92. The molecule has 4 nitrogen and oxygen atoms in total. The van der Waals surface area contributed by atoms with E-state index in [0.717, 1.165) is 17.9 Å². The lowest BCUT2D eigenvalue weighted by Gasteiger charge is -2.08. The molecular weight excluding hydrogens is 190 g/mol. The van der Waals surface area contributed by atoms with Gasteiger partial charge in [-0.25, -0.2) is 9.97 Å². The number of aryl methyl sites for hydroxylation is 1. The van der Waals surface area contributed by atoms with E-state index in [0.29, 0.717) is 5.69 Å². The molecule has 0 aliphatic heterocycles. The molecule has 0 aliphatic carbocycles. The van der Waals surface area contributed by atoms with E-state index in [1.165, 1.54) is 0 Å². The summed E-state index contributed by atoms with van der Waals surface area (Å²) in [6.07, 6.45) is 0.812. The molecule has 0 bridgehead atoms. The van der Waals surface area contributed by atoms with Gasteiger partial charge >= 0.3 is 0 Å². The molecule has 1 rings (SSSR count). The normalized spacial score (nSPS) is 10.5. The highest BCUT2D eigenvalue weighted by Gasteiger charge is 2.11. The van der Waals surface area contributed by atoms with Crippen LogP contribution in [0.1, 0.15) is 48.7 Å². The summed E-state index contributed by atoms with van der Waals surface area (Å²) in [5, 5.41) is 2.57. The van der Waals surface area contributed by atoms with Gasteiger partial charge in [0.25, 0.3) is 5.91 Å². The third-order valence-corrected chi connectivity index (χ3v) is 2.13. The molecule has 0 saturated carbocycles. The third-order valence-electron chi connectivity index (χ3n) is 2.13. The van der Waals surface area contributed by atoms with Crippen molar-refractivity contribution < 1.29 is 4.79 Å². The van der Waals surface area contributed by atoms with E-state index in [1.54, 1.807) is 13.1 Å². The average Bonchev–Trinajstić information content (AvgIpc) is 2.27. The molecule has 0 aromatic carbocycles. The molecule has 0 atom stereocenters. The summed E-state index contributed by atoms with van der Waals surface area (Å²) < 4.78 is 0. The summed E-state index contributed by atoms with van der Waals surface area (Å²) in [6.45, 7) is 6.05. The molecule has 0 saturated heterocycles. The monoisotopic (exact) mass is 207 g/mol. The Morgan fingerprint density at radius 3 is 2.60 bits per heavy atom. The van der Waals surface area contributed by atoms with Gasteiger partial charge in [-0.2, -0.15) is 0 Å². The highest BCUT2D eigenvalue weighted by Crippen LogP contribution is 2.11. The zero-order chi connectivity index (χ0) is 11.4. The Hall–Kier alpha value is -1.45. The van der Waals surface area contributed by atoms with Gasteiger partial charge in [0, 0.05) is 18.7 Å². The minimum atomic E-state index is -0.158. The van der Waals surface area contributed by atoms with Gasteiger partial charge in [-0.3, -0.25) is 4.79 Å². The number of carbonyl (C=O) groups excluding carboxylic acids is 1. The summed E-state index contributed by atoms with van der Waals surface area (Å²) >= 11 is 0. The lowest BCUT2D eigenvalue weighted by atomic mass is 10.2. The molecule has 0 unspecified atom stereocenters. The predicted octanol–water partition coefficient (Wildman–Crippen LogP) is 1.52. The molecule has 82 valence electrons. The lowest BCUT2D eigenvalue weighted by molar-refractivity contribution is 0.0957. The molecule has 0 fully saturated rings. The van der Waals surface area contributed by atoms with Crippen LogP contribution in [-0.4, -0.2) is 22.9 Å². The zero-order valence-electron chi connectivity index (χ0n) is 9.66. The van der Waals surface area contributed by atoms with E-state index in [-0.39, 0.29) is 11.8 Å². The number of amides is 1. The number of hydrogen-bond acceptors (Lipinski definition) is 3. The summed E-state index contributed by atoms with van der Waals surface area (Å²) in [5.41, 5.74) is 1.36. The summed E-state index contributed by atoms with van der Waals surface area (Å²) in [6, 6.07) is 1.74. The first-order valence-electron chi connectivity index (χ1n) is 5.18. The van der Waals surface area contributed by atoms with Crippen molar-refractivity contribution in [1.29, 1.82) is 0 Å². The molecule has 0 spiro atoms. The quantitative estimate of drug-likeness (QED) is 0.817. The molecule has 1 N–H and O–H groups in total. The van der Waals surface area contributed by atoms with Gasteiger partial charge in [0.2, 0.25) is 0 Å². The Morgan fingerprint density at radius 2 is 2.13 bits per heavy atom. The van der Waals surface area contributed by atoms with Gasteiger partial charge in [0.15, 0.2) is 0 Å². The standard InChI is InChI=1S/C11H17N3O/c1-5-8-6-9(11(15)12-4)14-10(13-8)7(2)3/h6-7H,5H2,1-4H3,(H,12,15). The van der Waals surface area contributed by atoms with Gasteiger partial charge in [0.1, 0.15) is 11.5 Å². The largest absolute Gasteiger partial charge is 0.354 e. The van der Waals surface area contributed by atoms with Crippen LogP contribution in [0.15, 0.2) is 6.07 Å². The van der Waals surface area contributed by atoms with Crippen LogP contribution >= 0.6 is 0 Å². The highest BCUT2D eigenvalue weighted by atomic mass is 16.1. The molecular formula is C11H17N3O. The molecule has 0 aliphatic rings. The molecule has 1 heterocycles. The van der Waals surface area contributed by atoms with Crippen molar-refractivity contribution in [3.8, 4) is 0 Å². The van der Waals surface area contributed by atoms with Crippen molar-refractivity contribution in [2.75, 3.05) is 7.05 Å². The summed E-state index contributed by atoms with van der Waals surface area (Å²) in [7, 11) is 1.60. The molecule has 0 radical (unpaired) electrons. The maximum atomic E-state index is 11.5. The Morgan fingerprint density at radius 1 is 1.47 bits per heavy atom. The van der Waals surface area contributed by atoms with Gasteiger partial charge in [0.05, 0.1) is 0 Å². The first-order valence-corrected chi connectivity index (χ1v) is 5.18. The Kier molecular flexibility index (Phi) is 3.77. The molecule has 1 amide bonds. The second kappa shape index (κ2) is 4.87. The minimum absolute atomic E-state index is 0.158. The van der Waals surface area contributed by atoms with Crippen LogP contribution in [0.3, 0.4) is 0 Å².